The quantitative estimate of drug-likeness (QED) is 0.469. The Hall–Kier alpha value is -2.89. The second kappa shape index (κ2) is 7.59. The Morgan fingerprint density at radius 2 is 2.04 bits per heavy atom. The van der Waals surface area contributed by atoms with Gasteiger partial charge in [0.25, 0.3) is 0 Å². The van der Waals surface area contributed by atoms with Crippen LogP contribution in [0.15, 0.2) is 53.7 Å². The van der Waals surface area contributed by atoms with E-state index in [0.717, 1.165) is 12.5 Å². The van der Waals surface area contributed by atoms with Crippen LogP contribution in [0.3, 0.4) is 0 Å². The summed E-state index contributed by atoms with van der Waals surface area (Å²) in [5.41, 5.74) is 0.0371. The highest BCUT2D eigenvalue weighted by molar-refractivity contribution is 6.06. The van der Waals surface area contributed by atoms with Gasteiger partial charge >= 0.3 is 0 Å². The van der Waals surface area contributed by atoms with Gasteiger partial charge < -0.3 is 25.2 Å². The Bertz CT molecular complexity index is 714. The Labute approximate surface area is 139 Å². The van der Waals surface area contributed by atoms with E-state index in [4.69, 9.17) is 4.74 Å². The van der Waals surface area contributed by atoms with Gasteiger partial charge in [0.05, 0.1) is 12.2 Å². The number of hydrogen-bond donors (Lipinski definition) is 4. The number of carbonyl (C=O) groups is 1. The molecule has 0 aromatic heterocycles. The first-order chi connectivity index (χ1) is 11.4. The summed E-state index contributed by atoms with van der Waals surface area (Å²) in [5.74, 6) is -1.27. The van der Waals surface area contributed by atoms with Gasteiger partial charge in [-0.2, -0.15) is 0 Å². The molecule has 0 saturated carbocycles. The number of aliphatic hydroxyl groups is 2. The fraction of sp³-hybridized carbons (Fsp3) is 0.278. The van der Waals surface area contributed by atoms with Crippen molar-refractivity contribution in [2.75, 3.05) is 6.61 Å². The number of allylic oxidation sites excluding steroid dienone is 4. The zero-order chi connectivity index (χ0) is 17.7. The molecule has 1 aromatic carbocycles. The third kappa shape index (κ3) is 4.10. The molecule has 2 rings (SSSR count). The summed E-state index contributed by atoms with van der Waals surface area (Å²) in [4.78, 5) is 12.1. The summed E-state index contributed by atoms with van der Waals surface area (Å²) < 4.78 is 5.33. The summed E-state index contributed by atoms with van der Waals surface area (Å²) in [5, 5.41) is 38.9. The van der Waals surface area contributed by atoms with E-state index in [9.17, 15) is 25.2 Å². The average molecular weight is 332 g/mol. The van der Waals surface area contributed by atoms with Gasteiger partial charge in [0.2, 0.25) is 0 Å². The molecule has 1 atom stereocenters. The molecule has 0 heterocycles. The minimum absolute atomic E-state index is 0.0100. The molecule has 24 heavy (non-hydrogen) atoms. The molecule has 0 radical (unpaired) electrons. The van der Waals surface area contributed by atoms with Crippen LogP contribution in [-0.2, 0) is 4.74 Å². The first-order valence-electron chi connectivity index (χ1n) is 7.62. The molecule has 128 valence electrons. The van der Waals surface area contributed by atoms with E-state index < -0.39 is 11.7 Å². The monoisotopic (exact) mass is 332 g/mol. The number of ketones is 1. The van der Waals surface area contributed by atoms with Crippen LogP contribution in [0.25, 0.3) is 0 Å². The largest absolute Gasteiger partial charge is 0.512 e. The lowest BCUT2D eigenvalue weighted by Gasteiger charge is -2.19. The fourth-order valence-electron chi connectivity index (χ4n) is 2.26. The van der Waals surface area contributed by atoms with Crippen molar-refractivity contribution in [2.45, 2.75) is 19.8 Å². The third-order valence-electron chi connectivity index (χ3n) is 3.54. The molecule has 6 nitrogen and oxygen atoms in total. The number of phenols is 2. The van der Waals surface area contributed by atoms with E-state index >= 15 is 0 Å². The number of benzene rings is 1. The van der Waals surface area contributed by atoms with Crippen LogP contribution >= 0.6 is 0 Å². The lowest BCUT2D eigenvalue weighted by atomic mass is 9.95. The van der Waals surface area contributed by atoms with Crippen molar-refractivity contribution in [3.63, 3.8) is 0 Å². The zero-order valence-electron chi connectivity index (χ0n) is 13.3. The minimum Gasteiger partial charge on any atom is -0.512 e. The molecule has 1 unspecified atom stereocenters. The van der Waals surface area contributed by atoms with Gasteiger partial charge in [0.15, 0.2) is 11.5 Å². The van der Waals surface area contributed by atoms with Gasteiger partial charge in [-0.05, 0) is 24.6 Å². The van der Waals surface area contributed by atoms with Crippen LogP contribution in [0.4, 0.5) is 0 Å². The fourth-order valence-corrected chi connectivity index (χ4v) is 2.26. The van der Waals surface area contributed by atoms with Crippen molar-refractivity contribution in [1.82, 2.24) is 0 Å². The van der Waals surface area contributed by atoms with Crippen molar-refractivity contribution in [2.24, 2.45) is 5.92 Å². The molecule has 0 amide bonds. The highest BCUT2D eigenvalue weighted by atomic mass is 16.5. The normalized spacial score (nSPS) is 17.9. The molecule has 1 aromatic rings. The van der Waals surface area contributed by atoms with E-state index in [-0.39, 0.29) is 40.8 Å². The number of ether oxygens (including phenoxy) is 1. The Balaban J connectivity index is 2.09. The summed E-state index contributed by atoms with van der Waals surface area (Å²) in [6.45, 7) is 2.36. The number of rotatable bonds is 6. The topological polar surface area (TPSA) is 107 Å². The Morgan fingerprint density at radius 1 is 1.29 bits per heavy atom. The maximum Gasteiger partial charge on any atom is 0.189 e. The second-order valence-electron chi connectivity index (χ2n) is 5.46. The molecule has 4 N–H and O–H groups in total. The zero-order valence-corrected chi connectivity index (χ0v) is 13.3. The van der Waals surface area contributed by atoms with Gasteiger partial charge in [-0.25, -0.2) is 0 Å². The van der Waals surface area contributed by atoms with Crippen molar-refractivity contribution in [1.29, 1.82) is 0 Å². The summed E-state index contributed by atoms with van der Waals surface area (Å²) >= 11 is 0. The van der Waals surface area contributed by atoms with Crippen molar-refractivity contribution < 1.29 is 30.0 Å². The maximum atomic E-state index is 12.1. The molecule has 0 spiro atoms. The predicted molar refractivity (Wildman–Crippen MR) is 88.0 cm³/mol. The Kier molecular flexibility index (Phi) is 5.52. The van der Waals surface area contributed by atoms with Crippen LogP contribution in [0.5, 0.6) is 11.5 Å². The van der Waals surface area contributed by atoms with Gasteiger partial charge in [-0.15, -0.1) is 0 Å². The molecule has 1 aliphatic carbocycles. The molecule has 0 saturated heterocycles. The van der Waals surface area contributed by atoms with Crippen LogP contribution < -0.4 is 0 Å². The molecular weight excluding hydrogens is 312 g/mol. The molecule has 0 fully saturated rings. The summed E-state index contributed by atoms with van der Waals surface area (Å²) in [6.07, 6.45) is 4.90. The first kappa shape index (κ1) is 17.5. The molecule has 6 heteroatoms. The lowest BCUT2D eigenvalue weighted by molar-refractivity contribution is 0.104. The molecule has 0 aliphatic heterocycles. The smallest absolute Gasteiger partial charge is 0.189 e. The number of aliphatic hydroxyl groups excluding tert-OH is 2. The summed E-state index contributed by atoms with van der Waals surface area (Å²) in [6, 6.07) is 3.68. The van der Waals surface area contributed by atoms with E-state index in [0.29, 0.717) is 6.61 Å². The molecular formula is C18H20O6. The van der Waals surface area contributed by atoms with Crippen LogP contribution in [0, 0.1) is 5.92 Å². The third-order valence-corrected chi connectivity index (χ3v) is 3.54. The number of hydrogen-bond acceptors (Lipinski definition) is 6. The molecule has 0 bridgehead atoms. The van der Waals surface area contributed by atoms with Crippen LogP contribution in [-0.4, -0.2) is 32.8 Å². The second-order valence-corrected chi connectivity index (χ2v) is 5.46. The standard InChI is InChI=1S/C18H20O6/c1-2-7-24-18-10-15(21)11(8-17(18)23)3-6-14(20)13-5-4-12(19)9-16(13)22/h3-6,9-11,19,21-23H,2,7-8H2,1H3/b6-3+. The summed E-state index contributed by atoms with van der Waals surface area (Å²) in [7, 11) is 0. The van der Waals surface area contributed by atoms with Gasteiger partial charge in [-0.1, -0.05) is 13.0 Å². The number of carbonyl (C=O) groups excluding carboxylic acids is 1. The number of phenolic OH excluding ortho intramolecular Hbond substituents is 2. The van der Waals surface area contributed by atoms with E-state index in [1.807, 2.05) is 6.92 Å². The van der Waals surface area contributed by atoms with Crippen LogP contribution in [0.1, 0.15) is 30.1 Å². The minimum atomic E-state index is -0.554. The predicted octanol–water partition coefficient (Wildman–Crippen LogP) is 3.49. The highest BCUT2D eigenvalue weighted by Crippen LogP contribution is 2.29. The van der Waals surface area contributed by atoms with Gasteiger partial charge in [0, 0.05) is 24.5 Å². The van der Waals surface area contributed by atoms with Crippen molar-refractivity contribution >= 4 is 5.78 Å². The highest BCUT2D eigenvalue weighted by Gasteiger charge is 2.22. The van der Waals surface area contributed by atoms with Gasteiger partial charge in [0.1, 0.15) is 23.0 Å². The van der Waals surface area contributed by atoms with E-state index in [1.54, 1.807) is 0 Å². The molecule has 1 aliphatic rings. The van der Waals surface area contributed by atoms with E-state index in [1.165, 1.54) is 30.4 Å². The first-order valence-corrected chi connectivity index (χ1v) is 7.62. The lowest BCUT2D eigenvalue weighted by Crippen LogP contribution is -2.12. The van der Waals surface area contributed by atoms with Gasteiger partial charge in [-0.3, -0.25) is 4.79 Å². The Morgan fingerprint density at radius 3 is 2.71 bits per heavy atom. The SMILES string of the molecule is CCCOC1=C(O)CC(/C=C/C(=O)c2ccc(O)cc2O)C(O)=C1. The van der Waals surface area contributed by atoms with Crippen molar-refractivity contribution in [3.8, 4) is 11.5 Å². The average Bonchev–Trinajstić information content (AvgIpc) is 2.53. The number of aromatic hydroxyl groups is 2. The maximum absolute atomic E-state index is 12.1. The van der Waals surface area contributed by atoms with E-state index in [2.05, 4.69) is 0 Å². The van der Waals surface area contributed by atoms with Crippen LogP contribution in [0.2, 0.25) is 0 Å². The van der Waals surface area contributed by atoms with Crippen molar-refractivity contribution in [3.05, 3.63) is 59.3 Å².